The number of carbonyl (C=O) groups excluding carboxylic acids is 1. The molecule has 2 saturated carbocycles. The van der Waals surface area contributed by atoms with E-state index in [2.05, 4.69) is 20.8 Å². The molecule has 1 saturated heterocycles. The second-order valence-corrected chi connectivity index (χ2v) is 9.35. The van der Waals surface area contributed by atoms with Gasteiger partial charge in [0.2, 0.25) is 6.29 Å². The van der Waals surface area contributed by atoms with Crippen molar-refractivity contribution in [1.82, 2.24) is 0 Å². The summed E-state index contributed by atoms with van der Waals surface area (Å²) < 4.78 is 10.6. The van der Waals surface area contributed by atoms with Crippen LogP contribution >= 0.6 is 0 Å². The maximum Gasteiger partial charge on any atom is 0.333 e. The molecule has 0 aromatic rings. The number of aliphatic hydroxyl groups is 3. The van der Waals surface area contributed by atoms with E-state index in [4.69, 9.17) is 9.47 Å². The molecule has 4 aliphatic rings. The zero-order valence-corrected chi connectivity index (χ0v) is 15.8. The summed E-state index contributed by atoms with van der Waals surface area (Å²) in [6, 6.07) is 0. The standard InChI is InChI=1S/C20H30O6/c1-11-4-7-19(3)14(9-13(21)16(23)20(19)10-25-20)18(11,2)6-5-12-8-15(22)26-17(12)24/h8,11,13-14,16-17,21,23-24H,4-7,9-10H2,1-3H3/t11-,13+,14-,16+,17-,18-,19-,20-/m0/s1. The third-order valence-corrected chi connectivity index (χ3v) is 8.33. The van der Waals surface area contributed by atoms with Gasteiger partial charge < -0.3 is 24.8 Å². The first-order valence-electron chi connectivity index (χ1n) is 9.73. The van der Waals surface area contributed by atoms with Gasteiger partial charge in [0.05, 0.1) is 12.7 Å². The van der Waals surface area contributed by atoms with Crippen molar-refractivity contribution in [2.24, 2.45) is 22.7 Å². The Labute approximate surface area is 154 Å². The Morgan fingerprint density at radius 2 is 1.96 bits per heavy atom. The summed E-state index contributed by atoms with van der Waals surface area (Å²) in [5, 5.41) is 31.0. The molecule has 3 N–H and O–H groups in total. The molecular formula is C20H30O6. The van der Waals surface area contributed by atoms with Gasteiger partial charge in [-0.1, -0.05) is 20.8 Å². The van der Waals surface area contributed by atoms with Gasteiger partial charge in [0.1, 0.15) is 11.7 Å². The van der Waals surface area contributed by atoms with E-state index in [0.29, 0.717) is 30.9 Å². The van der Waals surface area contributed by atoms with Crippen LogP contribution in [0.15, 0.2) is 11.6 Å². The van der Waals surface area contributed by atoms with Crippen molar-refractivity contribution in [3.8, 4) is 0 Å². The zero-order valence-electron chi connectivity index (χ0n) is 15.8. The molecule has 146 valence electrons. The first kappa shape index (κ1) is 18.4. The van der Waals surface area contributed by atoms with Crippen LogP contribution in [0.3, 0.4) is 0 Å². The molecule has 3 fully saturated rings. The van der Waals surface area contributed by atoms with Gasteiger partial charge in [-0.15, -0.1) is 0 Å². The molecule has 2 heterocycles. The third kappa shape index (κ3) is 2.35. The van der Waals surface area contributed by atoms with Crippen LogP contribution in [0.4, 0.5) is 0 Å². The molecule has 0 aromatic carbocycles. The average Bonchev–Trinajstić information content (AvgIpc) is 3.33. The third-order valence-electron chi connectivity index (χ3n) is 8.33. The Morgan fingerprint density at radius 1 is 1.27 bits per heavy atom. The fourth-order valence-electron chi connectivity index (χ4n) is 6.20. The second kappa shape index (κ2) is 5.77. The lowest BCUT2D eigenvalue weighted by Gasteiger charge is -2.61. The minimum atomic E-state index is -1.13. The number of aliphatic hydroxyl groups excluding tert-OH is 3. The number of ether oxygens (including phenoxy) is 2. The normalized spacial score (nSPS) is 53.2. The summed E-state index contributed by atoms with van der Waals surface area (Å²) in [4.78, 5) is 11.4. The van der Waals surface area contributed by atoms with Gasteiger partial charge in [0.25, 0.3) is 0 Å². The lowest BCUT2D eigenvalue weighted by atomic mass is 9.43. The van der Waals surface area contributed by atoms with Gasteiger partial charge >= 0.3 is 5.97 Å². The van der Waals surface area contributed by atoms with Crippen molar-refractivity contribution >= 4 is 5.97 Å². The fourth-order valence-corrected chi connectivity index (χ4v) is 6.20. The number of rotatable bonds is 3. The topological polar surface area (TPSA) is 99.5 Å². The highest BCUT2D eigenvalue weighted by Crippen LogP contribution is 2.68. The van der Waals surface area contributed by atoms with Crippen LogP contribution in [0.2, 0.25) is 0 Å². The van der Waals surface area contributed by atoms with Gasteiger partial charge in [0.15, 0.2) is 0 Å². The van der Waals surface area contributed by atoms with Crippen LogP contribution in [-0.4, -0.2) is 52.0 Å². The van der Waals surface area contributed by atoms with Crippen LogP contribution < -0.4 is 0 Å². The lowest BCUT2D eigenvalue weighted by Crippen LogP contribution is -2.65. The fraction of sp³-hybridized carbons (Fsp3) is 0.850. The van der Waals surface area contributed by atoms with Gasteiger partial charge in [-0.25, -0.2) is 4.79 Å². The smallest absolute Gasteiger partial charge is 0.333 e. The van der Waals surface area contributed by atoms with Crippen molar-refractivity contribution in [3.63, 3.8) is 0 Å². The van der Waals surface area contributed by atoms with E-state index < -0.39 is 30.1 Å². The molecule has 0 aromatic heterocycles. The molecule has 4 rings (SSSR count). The maximum absolute atomic E-state index is 11.4. The van der Waals surface area contributed by atoms with Crippen molar-refractivity contribution in [1.29, 1.82) is 0 Å². The highest BCUT2D eigenvalue weighted by atomic mass is 16.6. The van der Waals surface area contributed by atoms with E-state index in [0.717, 1.165) is 19.3 Å². The van der Waals surface area contributed by atoms with Crippen molar-refractivity contribution in [2.75, 3.05) is 6.61 Å². The predicted molar refractivity (Wildman–Crippen MR) is 92.8 cm³/mol. The Kier molecular flexibility index (Phi) is 4.09. The predicted octanol–water partition coefficient (Wildman–Crippen LogP) is 1.52. The summed E-state index contributed by atoms with van der Waals surface area (Å²) >= 11 is 0. The van der Waals surface area contributed by atoms with Crippen LogP contribution in [0, 0.1) is 22.7 Å². The van der Waals surface area contributed by atoms with Crippen molar-refractivity contribution in [3.05, 3.63) is 11.6 Å². The molecule has 0 radical (unpaired) electrons. The number of hydrogen-bond donors (Lipinski definition) is 3. The van der Waals surface area contributed by atoms with Crippen LogP contribution in [0.1, 0.15) is 52.9 Å². The molecule has 0 amide bonds. The van der Waals surface area contributed by atoms with Crippen molar-refractivity contribution < 1.29 is 29.6 Å². The van der Waals surface area contributed by atoms with Gasteiger partial charge in [-0.05, 0) is 49.4 Å². The number of fused-ring (bicyclic) bond motifs is 2. The number of cyclic esters (lactones) is 1. The van der Waals surface area contributed by atoms with E-state index in [1.165, 1.54) is 6.08 Å². The lowest BCUT2D eigenvalue weighted by molar-refractivity contribution is -0.197. The van der Waals surface area contributed by atoms with E-state index in [1.807, 2.05) is 0 Å². The van der Waals surface area contributed by atoms with Gasteiger partial charge in [0, 0.05) is 17.1 Å². The quantitative estimate of drug-likeness (QED) is 0.517. The van der Waals surface area contributed by atoms with Crippen LogP contribution in [0.5, 0.6) is 0 Å². The van der Waals surface area contributed by atoms with Gasteiger partial charge in [-0.2, -0.15) is 0 Å². The summed E-state index contributed by atoms with van der Waals surface area (Å²) in [6.07, 6.45) is 2.62. The maximum atomic E-state index is 11.4. The first-order chi connectivity index (χ1) is 12.1. The molecule has 2 aliphatic heterocycles. The summed E-state index contributed by atoms with van der Waals surface area (Å²) in [7, 11) is 0. The number of esters is 1. The van der Waals surface area contributed by atoms with Gasteiger partial charge in [-0.3, -0.25) is 0 Å². The molecule has 0 unspecified atom stereocenters. The molecule has 2 aliphatic carbocycles. The minimum absolute atomic E-state index is 0.0841. The molecule has 0 bridgehead atoms. The molecular weight excluding hydrogens is 336 g/mol. The largest absolute Gasteiger partial charge is 0.429 e. The average molecular weight is 366 g/mol. The zero-order chi connectivity index (χ0) is 18.9. The SMILES string of the molecule is C[C@H]1CC[C@@]2(C)[C@@H](C[C@@H](O)[C@@H](O)[C@@]23CO3)[C@@]1(C)CCC1=CC(=O)O[C@@H]1O. The minimum Gasteiger partial charge on any atom is -0.429 e. The van der Waals surface area contributed by atoms with E-state index >= 15 is 0 Å². The van der Waals surface area contributed by atoms with Crippen LogP contribution in [-0.2, 0) is 14.3 Å². The molecule has 8 atom stereocenters. The second-order valence-electron chi connectivity index (χ2n) is 9.35. The summed E-state index contributed by atoms with van der Waals surface area (Å²) in [6.45, 7) is 7.22. The van der Waals surface area contributed by atoms with E-state index in [9.17, 15) is 20.1 Å². The molecule has 6 heteroatoms. The molecule has 6 nitrogen and oxygen atoms in total. The Balaban J connectivity index is 1.62. The number of epoxide rings is 1. The van der Waals surface area contributed by atoms with Crippen molar-refractivity contribution in [2.45, 2.75) is 77.0 Å². The molecule has 26 heavy (non-hydrogen) atoms. The highest BCUT2D eigenvalue weighted by Gasteiger charge is 2.73. The van der Waals surface area contributed by atoms with Crippen LogP contribution in [0.25, 0.3) is 0 Å². The molecule has 1 spiro atoms. The Hall–Kier alpha value is -0.950. The van der Waals surface area contributed by atoms with E-state index in [-0.39, 0.29) is 16.7 Å². The Bertz CT molecular complexity index is 640. The Morgan fingerprint density at radius 3 is 2.54 bits per heavy atom. The number of hydrogen-bond acceptors (Lipinski definition) is 6. The summed E-state index contributed by atoms with van der Waals surface area (Å²) in [5.74, 6) is 0.158. The monoisotopic (exact) mass is 366 g/mol. The first-order valence-corrected chi connectivity index (χ1v) is 9.73. The number of carbonyl (C=O) groups is 1. The summed E-state index contributed by atoms with van der Waals surface area (Å²) in [5.41, 5.74) is -0.257. The van der Waals surface area contributed by atoms with E-state index in [1.54, 1.807) is 0 Å². The highest BCUT2D eigenvalue weighted by molar-refractivity contribution is 5.85.